The van der Waals surface area contributed by atoms with Crippen molar-refractivity contribution in [1.29, 1.82) is 0 Å². The molecule has 0 spiro atoms. The molecule has 1 aliphatic rings. The number of hydrogen-bond acceptors (Lipinski definition) is 7. The quantitative estimate of drug-likeness (QED) is 0.632. The van der Waals surface area contributed by atoms with Gasteiger partial charge in [-0.15, -0.1) is 11.3 Å². The standard InChI is InChI=1S/C17H23BrN4O3S/c1-24-8-2-5-19-17(23)12-3-6-22(7-4-12)10-15-20-16(21-25-15)14-9-13(18)11-26-14/h9,11-12H,2-8,10H2,1H3,(H,19,23). The van der Waals surface area contributed by atoms with E-state index in [1.165, 1.54) is 0 Å². The second kappa shape index (κ2) is 9.59. The van der Waals surface area contributed by atoms with E-state index >= 15 is 0 Å². The summed E-state index contributed by atoms with van der Waals surface area (Å²) >= 11 is 5.01. The van der Waals surface area contributed by atoms with Gasteiger partial charge in [0.1, 0.15) is 0 Å². The van der Waals surface area contributed by atoms with Crippen molar-refractivity contribution < 1.29 is 14.1 Å². The molecule has 0 saturated carbocycles. The molecule has 2 aromatic heterocycles. The van der Waals surface area contributed by atoms with Crippen LogP contribution in [0.1, 0.15) is 25.2 Å². The predicted molar refractivity (Wildman–Crippen MR) is 103 cm³/mol. The maximum absolute atomic E-state index is 12.2. The van der Waals surface area contributed by atoms with Crippen molar-refractivity contribution >= 4 is 33.2 Å². The van der Waals surface area contributed by atoms with Gasteiger partial charge in [0.25, 0.3) is 0 Å². The summed E-state index contributed by atoms with van der Waals surface area (Å²) in [4.78, 5) is 19.9. The fourth-order valence-electron chi connectivity index (χ4n) is 2.97. The summed E-state index contributed by atoms with van der Waals surface area (Å²) in [6.07, 6.45) is 2.56. The number of nitrogens with zero attached hydrogens (tertiary/aromatic N) is 3. The van der Waals surface area contributed by atoms with Crippen LogP contribution in [0.2, 0.25) is 0 Å². The number of halogens is 1. The Morgan fingerprint density at radius 1 is 1.50 bits per heavy atom. The molecule has 0 aromatic carbocycles. The first kappa shape index (κ1) is 19.5. The SMILES string of the molecule is COCCCNC(=O)C1CCN(Cc2nc(-c3cc(Br)cs3)no2)CC1. The lowest BCUT2D eigenvalue weighted by Gasteiger charge is -2.30. The minimum absolute atomic E-state index is 0.0931. The highest BCUT2D eigenvalue weighted by Gasteiger charge is 2.25. The van der Waals surface area contributed by atoms with Crippen LogP contribution in [0, 0.1) is 5.92 Å². The summed E-state index contributed by atoms with van der Waals surface area (Å²) < 4.78 is 11.4. The van der Waals surface area contributed by atoms with Gasteiger partial charge < -0.3 is 14.6 Å². The molecule has 0 unspecified atom stereocenters. The van der Waals surface area contributed by atoms with Crippen molar-refractivity contribution in [2.75, 3.05) is 33.4 Å². The zero-order valence-corrected chi connectivity index (χ0v) is 17.1. The van der Waals surface area contributed by atoms with Gasteiger partial charge in [-0.1, -0.05) is 5.16 Å². The van der Waals surface area contributed by atoms with Gasteiger partial charge in [-0.3, -0.25) is 9.69 Å². The number of likely N-dealkylation sites (tertiary alicyclic amines) is 1. The molecule has 7 nitrogen and oxygen atoms in total. The topological polar surface area (TPSA) is 80.5 Å². The summed E-state index contributed by atoms with van der Waals surface area (Å²) in [5, 5.41) is 9.05. The molecule has 1 fully saturated rings. The normalized spacial score (nSPS) is 16.1. The van der Waals surface area contributed by atoms with Gasteiger partial charge in [0, 0.05) is 36.0 Å². The number of ether oxygens (including phenoxy) is 1. The lowest BCUT2D eigenvalue weighted by atomic mass is 9.96. The van der Waals surface area contributed by atoms with Gasteiger partial charge in [0.05, 0.1) is 11.4 Å². The summed E-state index contributed by atoms with van der Waals surface area (Å²) in [5.74, 6) is 1.49. The third kappa shape index (κ3) is 5.35. The molecule has 1 N–H and O–H groups in total. The molecule has 1 saturated heterocycles. The zero-order valence-electron chi connectivity index (χ0n) is 14.7. The summed E-state index contributed by atoms with van der Waals surface area (Å²) in [5.41, 5.74) is 0. The maximum atomic E-state index is 12.2. The summed E-state index contributed by atoms with van der Waals surface area (Å²) in [6, 6.07) is 1.98. The van der Waals surface area contributed by atoms with Gasteiger partial charge in [-0.05, 0) is 54.3 Å². The summed E-state index contributed by atoms with van der Waals surface area (Å²) in [6.45, 7) is 3.70. The molecule has 142 valence electrons. The smallest absolute Gasteiger partial charge is 0.241 e. The van der Waals surface area contributed by atoms with Gasteiger partial charge in [0.15, 0.2) is 0 Å². The van der Waals surface area contributed by atoms with Crippen LogP contribution in [-0.4, -0.2) is 54.3 Å². The molecule has 26 heavy (non-hydrogen) atoms. The number of methoxy groups -OCH3 is 1. The van der Waals surface area contributed by atoms with Crippen molar-refractivity contribution in [3.05, 3.63) is 21.8 Å². The largest absolute Gasteiger partial charge is 0.385 e. The van der Waals surface area contributed by atoms with Crippen molar-refractivity contribution in [1.82, 2.24) is 20.4 Å². The van der Waals surface area contributed by atoms with Crippen LogP contribution in [0.25, 0.3) is 10.7 Å². The van der Waals surface area contributed by atoms with E-state index in [1.54, 1.807) is 18.4 Å². The van der Waals surface area contributed by atoms with Crippen LogP contribution >= 0.6 is 27.3 Å². The van der Waals surface area contributed by atoms with Gasteiger partial charge in [-0.2, -0.15) is 4.98 Å². The Hall–Kier alpha value is -1.29. The number of thiophene rings is 1. The van der Waals surface area contributed by atoms with E-state index in [9.17, 15) is 4.79 Å². The van der Waals surface area contributed by atoms with Crippen LogP contribution in [-0.2, 0) is 16.1 Å². The first-order valence-corrected chi connectivity index (χ1v) is 10.4. The van der Waals surface area contributed by atoms with Crippen LogP contribution in [0.3, 0.4) is 0 Å². The van der Waals surface area contributed by atoms with E-state index < -0.39 is 0 Å². The zero-order chi connectivity index (χ0) is 18.4. The van der Waals surface area contributed by atoms with Crippen LogP contribution in [0.5, 0.6) is 0 Å². The molecule has 1 amide bonds. The highest BCUT2D eigenvalue weighted by atomic mass is 79.9. The summed E-state index contributed by atoms with van der Waals surface area (Å²) in [7, 11) is 1.67. The predicted octanol–water partition coefficient (Wildman–Crippen LogP) is 2.93. The molecule has 0 bridgehead atoms. The molecule has 0 atom stereocenters. The van der Waals surface area contributed by atoms with Crippen LogP contribution in [0.15, 0.2) is 20.4 Å². The number of hydrogen-bond donors (Lipinski definition) is 1. The maximum Gasteiger partial charge on any atom is 0.241 e. The van der Waals surface area contributed by atoms with Crippen LogP contribution in [0.4, 0.5) is 0 Å². The van der Waals surface area contributed by atoms with Crippen molar-refractivity contribution in [2.24, 2.45) is 5.92 Å². The van der Waals surface area contributed by atoms with E-state index in [4.69, 9.17) is 9.26 Å². The molecular weight excluding hydrogens is 420 g/mol. The highest BCUT2D eigenvalue weighted by Crippen LogP contribution is 2.28. The molecule has 9 heteroatoms. The van der Waals surface area contributed by atoms with Crippen molar-refractivity contribution in [3.63, 3.8) is 0 Å². The van der Waals surface area contributed by atoms with Gasteiger partial charge in [0.2, 0.25) is 17.6 Å². The average molecular weight is 443 g/mol. The molecular formula is C17H23BrN4O3S. The highest BCUT2D eigenvalue weighted by molar-refractivity contribution is 9.10. The Balaban J connectivity index is 1.43. The van der Waals surface area contributed by atoms with E-state index in [2.05, 4.69) is 36.3 Å². The number of amides is 1. The minimum Gasteiger partial charge on any atom is -0.385 e. The number of carbonyl (C=O) groups excluding carboxylic acids is 1. The lowest BCUT2D eigenvalue weighted by Crippen LogP contribution is -2.40. The number of rotatable bonds is 8. The molecule has 0 aliphatic carbocycles. The lowest BCUT2D eigenvalue weighted by molar-refractivity contribution is -0.126. The average Bonchev–Trinajstić information content (AvgIpc) is 3.28. The molecule has 3 heterocycles. The number of aromatic nitrogens is 2. The van der Waals surface area contributed by atoms with E-state index in [-0.39, 0.29) is 11.8 Å². The number of carbonyl (C=O) groups is 1. The van der Waals surface area contributed by atoms with Crippen molar-refractivity contribution in [3.8, 4) is 10.7 Å². The third-order valence-electron chi connectivity index (χ3n) is 4.40. The molecule has 0 radical (unpaired) electrons. The minimum atomic E-state index is 0.0931. The van der Waals surface area contributed by atoms with E-state index in [0.29, 0.717) is 31.4 Å². The van der Waals surface area contributed by atoms with Crippen molar-refractivity contribution in [2.45, 2.75) is 25.8 Å². The monoisotopic (exact) mass is 442 g/mol. The number of piperidine rings is 1. The molecule has 1 aliphatic heterocycles. The van der Waals surface area contributed by atoms with Gasteiger partial charge in [-0.25, -0.2) is 0 Å². The Morgan fingerprint density at radius 2 is 2.31 bits per heavy atom. The fraction of sp³-hybridized carbons (Fsp3) is 0.588. The third-order valence-corrected chi connectivity index (χ3v) is 6.08. The fourth-order valence-corrected chi connectivity index (χ4v) is 4.32. The van der Waals surface area contributed by atoms with E-state index in [0.717, 1.165) is 41.7 Å². The molecule has 2 aromatic rings. The Bertz CT molecular complexity index is 712. The second-order valence-corrected chi connectivity index (χ2v) is 8.16. The molecule has 3 rings (SSSR count). The first-order valence-electron chi connectivity index (χ1n) is 8.71. The van der Waals surface area contributed by atoms with Gasteiger partial charge >= 0.3 is 0 Å². The number of nitrogens with one attached hydrogen (secondary N) is 1. The first-order chi connectivity index (χ1) is 12.7. The van der Waals surface area contributed by atoms with Crippen LogP contribution < -0.4 is 5.32 Å². The van der Waals surface area contributed by atoms with E-state index in [1.807, 2.05) is 11.4 Å². The Kier molecular flexibility index (Phi) is 7.18. The Labute approximate surface area is 165 Å². The Morgan fingerprint density at radius 3 is 3.00 bits per heavy atom. The second-order valence-electron chi connectivity index (χ2n) is 6.33.